The number of amides is 2. The van der Waals surface area contributed by atoms with Crippen LogP contribution >= 0.6 is 0 Å². The highest BCUT2D eigenvalue weighted by Crippen LogP contribution is 2.09. The molecule has 8 heteroatoms. The lowest BCUT2D eigenvalue weighted by Crippen LogP contribution is -2.50. The van der Waals surface area contributed by atoms with Crippen LogP contribution in [0.4, 0.5) is 4.79 Å². The van der Waals surface area contributed by atoms with E-state index in [9.17, 15) is 14.4 Å². The minimum atomic E-state index is -0.905. The van der Waals surface area contributed by atoms with Crippen LogP contribution in [0.3, 0.4) is 0 Å². The molecule has 132 valence electrons. The highest BCUT2D eigenvalue weighted by Gasteiger charge is 2.29. The maximum absolute atomic E-state index is 12.3. The number of nitrogens with two attached hydrogens (primary N) is 2. The number of methoxy groups -OCH3 is 1. The van der Waals surface area contributed by atoms with Crippen molar-refractivity contribution < 1.29 is 23.9 Å². The van der Waals surface area contributed by atoms with Gasteiger partial charge in [-0.2, -0.15) is 0 Å². The smallest absolute Gasteiger partial charge is 0.410 e. The molecule has 1 aromatic rings. The van der Waals surface area contributed by atoms with Crippen molar-refractivity contribution in [2.24, 2.45) is 11.5 Å². The highest BCUT2D eigenvalue weighted by molar-refractivity contribution is 5.81. The van der Waals surface area contributed by atoms with Crippen molar-refractivity contribution >= 4 is 18.0 Å². The van der Waals surface area contributed by atoms with Crippen molar-refractivity contribution in [2.45, 2.75) is 32.0 Å². The van der Waals surface area contributed by atoms with E-state index in [1.165, 1.54) is 14.0 Å². The van der Waals surface area contributed by atoms with Crippen LogP contribution in [-0.4, -0.2) is 48.6 Å². The Labute approximate surface area is 140 Å². The molecule has 0 aliphatic carbocycles. The van der Waals surface area contributed by atoms with E-state index in [0.717, 1.165) is 10.5 Å². The monoisotopic (exact) mass is 337 g/mol. The zero-order valence-corrected chi connectivity index (χ0v) is 13.8. The molecule has 1 rings (SSSR count). The molecule has 0 aliphatic heterocycles. The first-order valence-electron chi connectivity index (χ1n) is 7.44. The summed E-state index contributed by atoms with van der Waals surface area (Å²) in [5, 5.41) is 0. The predicted molar refractivity (Wildman–Crippen MR) is 86.6 cm³/mol. The van der Waals surface area contributed by atoms with E-state index in [4.69, 9.17) is 16.2 Å². The maximum Gasteiger partial charge on any atom is 0.410 e. The van der Waals surface area contributed by atoms with Crippen LogP contribution in [0, 0.1) is 0 Å². The third-order valence-corrected chi connectivity index (χ3v) is 3.34. The van der Waals surface area contributed by atoms with Crippen LogP contribution < -0.4 is 11.5 Å². The van der Waals surface area contributed by atoms with Crippen LogP contribution in [-0.2, 0) is 25.7 Å². The summed E-state index contributed by atoms with van der Waals surface area (Å²) in [5.74, 6) is -1.20. The van der Waals surface area contributed by atoms with Gasteiger partial charge in [0.1, 0.15) is 12.6 Å². The molecule has 2 atom stereocenters. The van der Waals surface area contributed by atoms with Crippen LogP contribution in [0.2, 0.25) is 0 Å². The largest absolute Gasteiger partial charge is 0.467 e. The Balaban J connectivity index is 2.76. The van der Waals surface area contributed by atoms with Gasteiger partial charge in [-0.1, -0.05) is 30.3 Å². The first-order chi connectivity index (χ1) is 11.3. The van der Waals surface area contributed by atoms with Gasteiger partial charge < -0.3 is 20.9 Å². The number of carbonyl (C=O) groups is 3. The number of hydrogen-bond donors (Lipinski definition) is 2. The van der Waals surface area contributed by atoms with E-state index in [0.29, 0.717) is 0 Å². The van der Waals surface area contributed by atoms with Crippen LogP contribution in [0.15, 0.2) is 30.3 Å². The number of benzene rings is 1. The van der Waals surface area contributed by atoms with Gasteiger partial charge in [-0.05, 0) is 12.5 Å². The fourth-order valence-electron chi connectivity index (χ4n) is 2.07. The van der Waals surface area contributed by atoms with Crippen molar-refractivity contribution in [3.8, 4) is 0 Å². The topological polar surface area (TPSA) is 125 Å². The highest BCUT2D eigenvalue weighted by atomic mass is 16.6. The summed E-state index contributed by atoms with van der Waals surface area (Å²) >= 11 is 0. The molecule has 24 heavy (non-hydrogen) atoms. The van der Waals surface area contributed by atoms with Crippen molar-refractivity contribution in [1.82, 2.24) is 4.90 Å². The van der Waals surface area contributed by atoms with Gasteiger partial charge in [-0.3, -0.25) is 9.69 Å². The molecule has 0 unspecified atom stereocenters. The molecular weight excluding hydrogens is 314 g/mol. The summed E-state index contributed by atoms with van der Waals surface area (Å²) in [4.78, 5) is 36.1. The van der Waals surface area contributed by atoms with Gasteiger partial charge in [0.05, 0.1) is 7.11 Å². The Morgan fingerprint density at radius 1 is 1.21 bits per heavy atom. The first-order valence-corrected chi connectivity index (χ1v) is 7.44. The van der Waals surface area contributed by atoms with E-state index in [2.05, 4.69) is 4.74 Å². The number of esters is 1. The second kappa shape index (κ2) is 9.51. The molecule has 4 N–H and O–H groups in total. The number of carbonyl (C=O) groups excluding carboxylic acids is 3. The number of primary amides is 1. The van der Waals surface area contributed by atoms with Crippen LogP contribution in [0.5, 0.6) is 0 Å². The predicted octanol–water partition coefficient (Wildman–Crippen LogP) is 0.389. The minimum Gasteiger partial charge on any atom is -0.467 e. The Hall–Kier alpha value is -2.61. The molecule has 1 aromatic carbocycles. The molecule has 0 aromatic heterocycles. The molecule has 8 nitrogen and oxygen atoms in total. The second-order valence-corrected chi connectivity index (χ2v) is 5.32. The minimum absolute atomic E-state index is 0.0507. The average Bonchev–Trinajstić information content (AvgIpc) is 2.56. The van der Waals surface area contributed by atoms with E-state index in [1.54, 1.807) is 12.1 Å². The molecule has 0 saturated heterocycles. The normalized spacial score (nSPS) is 12.8. The fraction of sp³-hybridized carbons (Fsp3) is 0.438. The number of nitrogens with zero attached hydrogens (tertiary/aromatic N) is 1. The molecule has 0 aliphatic rings. The van der Waals surface area contributed by atoms with Crippen molar-refractivity contribution in [2.75, 3.05) is 13.7 Å². The molecule has 0 saturated carbocycles. The quantitative estimate of drug-likeness (QED) is 0.661. The van der Waals surface area contributed by atoms with Gasteiger partial charge in [-0.25, -0.2) is 9.59 Å². The van der Waals surface area contributed by atoms with Gasteiger partial charge in [0, 0.05) is 19.0 Å². The van der Waals surface area contributed by atoms with E-state index in [1.807, 2.05) is 18.2 Å². The number of rotatable bonds is 8. The van der Waals surface area contributed by atoms with Crippen LogP contribution in [0.25, 0.3) is 0 Å². The zero-order valence-electron chi connectivity index (χ0n) is 13.8. The van der Waals surface area contributed by atoms with E-state index < -0.39 is 30.1 Å². The number of ether oxygens (including phenoxy) is 2. The standard InChI is InChI=1S/C16H23N3O5/c1-11(15(21)23-2)19(9-13(17)8-14(18)20)16(22)24-10-12-6-4-3-5-7-12/h3-7,11,13H,8-10,17H2,1-2H3,(H2,18,20)/t11-,13+/m0/s1. The van der Waals surface area contributed by atoms with Crippen molar-refractivity contribution in [3.63, 3.8) is 0 Å². The molecule has 0 heterocycles. The number of hydrogen-bond acceptors (Lipinski definition) is 6. The van der Waals surface area contributed by atoms with Gasteiger partial charge in [-0.15, -0.1) is 0 Å². The summed E-state index contributed by atoms with van der Waals surface area (Å²) in [6.45, 7) is 1.48. The van der Waals surface area contributed by atoms with Crippen molar-refractivity contribution in [1.29, 1.82) is 0 Å². The van der Waals surface area contributed by atoms with Crippen molar-refractivity contribution in [3.05, 3.63) is 35.9 Å². The molecule has 0 bridgehead atoms. The summed E-state index contributed by atoms with van der Waals surface area (Å²) in [5.41, 5.74) is 11.7. The molecule has 0 radical (unpaired) electrons. The van der Waals surface area contributed by atoms with E-state index in [-0.39, 0.29) is 19.6 Å². The Morgan fingerprint density at radius 2 is 1.83 bits per heavy atom. The van der Waals surface area contributed by atoms with Gasteiger partial charge >= 0.3 is 12.1 Å². The average molecular weight is 337 g/mol. The molecular formula is C16H23N3O5. The lowest BCUT2D eigenvalue weighted by Gasteiger charge is -2.28. The first kappa shape index (κ1) is 19.4. The Bertz CT molecular complexity index is 564. The van der Waals surface area contributed by atoms with Gasteiger partial charge in [0.25, 0.3) is 0 Å². The zero-order chi connectivity index (χ0) is 18.1. The SMILES string of the molecule is COC(=O)[C@H](C)N(C[C@H](N)CC(N)=O)C(=O)OCc1ccccc1. The maximum atomic E-state index is 12.3. The third-order valence-electron chi connectivity index (χ3n) is 3.34. The summed E-state index contributed by atoms with van der Waals surface area (Å²) in [6.07, 6.45) is -0.840. The molecule has 0 spiro atoms. The summed E-state index contributed by atoms with van der Waals surface area (Å²) in [7, 11) is 1.22. The van der Waals surface area contributed by atoms with E-state index >= 15 is 0 Å². The molecule has 0 fully saturated rings. The lowest BCUT2D eigenvalue weighted by atomic mass is 10.2. The lowest BCUT2D eigenvalue weighted by molar-refractivity contribution is -0.145. The second-order valence-electron chi connectivity index (χ2n) is 5.32. The Kier molecular flexibility index (Phi) is 7.70. The summed E-state index contributed by atoms with van der Waals surface area (Å²) in [6, 6.07) is 7.48. The fourth-order valence-corrected chi connectivity index (χ4v) is 2.07. The third kappa shape index (κ3) is 6.25. The Morgan fingerprint density at radius 3 is 2.38 bits per heavy atom. The van der Waals surface area contributed by atoms with Crippen LogP contribution in [0.1, 0.15) is 18.9 Å². The summed E-state index contributed by atoms with van der Waals surface area (Å²) < 4.78 is 9.87. The molecule has 2 amide bonds. The van der Waals surface area contributed by atoms with Gasteiger partial charge in [0.2, 0.25) is 5.91 Å². The van der Waals surface area contributed by atoms with Gasteiger partial charge in [0.15, 0.2) is 0 Å².